The van der Waals surface area contributed by atoms with Gasteiger partial charge in [0.1, 0.15) is 11.4 Å². The van der Waals surface area contributed by atoms with Crippen molar-refractivity contribution in [1.82, 2.24) is 15.5 Å². The van der Waals surface area contributed by atoms with Crippen molar-refractivity contribution < 1.29 is 4.74 Å². The van der Waals surface area contributed by atoms with Crippen LogP contribution in [0.1, 0.15) is 51.7 Å². The summed E-state index contributed by atoms with van der Waals surface area (Å²) in [7, 11) is 2.21. The van der Waals surface area contributed by atoms with E-state index in [0.717, 1.165) is 36.9 Å². The number of aliphatic imine (C=N–C) groups is 1. The molecule has 1 saturated heterocycles. The van der Waals surface area contributed by atoms with Crippen molar-refractivity contribution in [2.75, 3.05) is 33.2 Å². The maximum Gasteiger partial charge on any atom is 0.191 e. The Balaban J connectivity index is 2.03. The summed E-state index contributed by atoms with van der Waals surface area (Å²) in [6.45, 7) is 15.2. The van der Waals surface area contributed by atoms with Crippen molar-refractivity contribution >= 4 is 5.96 Å². The quantitative estimate of drug-likeness (QED) is 0.590. The number of aryl methyl sites for hydroxylation is 1. The smallest absolute Gasteiger partial charge is 0.191 e. The van der Waals surface area contributed by atoms with Crippen molar-refractivity contribution in [3.63, 3.8) is 0 Å². The third-order valence-electron chi connectivity index (χ3n) is 4.67. The van der Waals surface area contributed by atoms with Gasteiger partial charge in [0, 0.05) is 25.2 Å². The molecule has 0 bridgehead atoms. The first-order valence-corrected chi connectivity index (χ1v) is 10.3. The average Bonchev–Trinajstić information content (AvgIpc) is 2.57. The number of hydrogen-bond donors (Lipinski definition) is 2. The molecule has 0 amide bonds. The molecule has 2 rings (SSSR count). The van der Waals surface area contributed by atoms with Crippen molar-refractivity contribution in [2.45, 2.75) is 59.6 Å². The number of piperidine rings is 1. The van der Waals surface area contributed by atoms with Crippen LogP contribution >= 0.6 is 0 Å². The Labute approximate surface area is 165 Å². The van der Waals surface area contributed by atoms with Gasteiger partial charge < -0.3 is 20.3 Å². The molecule has 5 heteroatoms. The highest BCUT2D eigenvalue weighted by Gasteiger charge is 2.18. The molecule has 1 fully saturated rings. The second kappa shape index (κ2) is 9.98. The molecular formula is C22H38N4O. The zero-order chi connectivity index (χ0) is 19.9. The Hall–Kier alpha value is -1.75. The molecule has 0 spiro atoms. The van der Waals surface area contributed by atoms with E-state index in [4.69, 9.17) is 9.73 Å². The Bertz CT molecular complexity index is 621. The lowest BCUT2D eigenvalue weighted by Gasteiger charge is -2.30. The first-order chi connectivity index (χ1) is 12.8. The number of rotatable bonds is 6. The lowest BCUT2D eigenvalue weighted by molar-refractivity contribution is 0.129. The second-order valence-electron chi connectivity index (χ2n) is 8.67. The van der Waals surface area contributed by atoms with Crippen LogP contribution < -0.4 is 15.4 Å². The number of nitrogens with one attached hydrogen (secondary N) is 2. The Morgan fingerprint density at radius 3 is 2.74 bits per heavy atom. The molecule has 5 nitrogen and oxygen atoms in total. The standard InChI is InChI=1S/C22H38N4O/c1-7-23-21(24-14-18-9-8-12-26(6)16-18)25-15-19-11-10-17(2)13-20(19)27-22(3,4)5/h10-11,13,18H,7-9,12,14-16H2,1-6H3,(H2,23,24,25). The van der Waals surface area contributed by atoms with Crippen molar-refractivity contribution in [3.8, 4) is 5.75 Å². The van der Waals surface area contributed by atoms with Crippen LogP contribution in [0.5, 0.6) is 5.75 Å². The van der Waals surface area contributed by atoms with Crippen molar-refractivity contribution in [1.29, 1.82) is 0 Å². The zero-order valence-corrected chi connectivity index (χ0v) is 18.1. The van der Waals surface area contributed by atoms with Gasteiger partial charge in [0.2, 0.25) is 0 Å². The largest absolute Gasteiger partial charge is 0.488 e. The summed E-state index contributed by atoms with van der Waals surface area (Å²) in [5.74, 6) is 2.50. The SMILES string of the molecule is CCNC(=NCc1ccc(C)cc1OC(C)(C)C)NCC1CCCN(C)C1. The first kappa shape index (κ1) is 21.5. The van der Waals surface area contributed by atoms with E-state index in [9.17, 15) is 0 Å². The molecule has 1 unspecified atom stereocenters. The molecular weight excluding hydrogens is 336 g/mol. The summed E-state index contributed by atoms with van der Waals surface area (Å²) in [5.41, 5.74) is 2.10. The number of hydrogen-bond acceptors (Lipinski definition) is 3. The van der Waals surface area contributed by atoms with E-state index in [2.05, 4.69) is 75.4 Å². The molecule has 1 heterocycles. The van der Waals surface area contributed by atoms with Gasteiger partial charge in [-0.25, -0.2) is 4.99 Å². The van der Waals surface area contributed by atoms with Crippen LogP contribution in [0.3, 0.4) is 0 Å². The normalized spacial score (nSPS) is 19.0. The molecule has 1 aliphatic rings. The summed E-state index contributed by atoms with van der Waals surface area (Å²) in [6.07, 6.45) is 2.58. The molecule has 0 aromatic heterocycles. The molecule has 0 saturated carbocycles. The van der Waals surface area contributed by atoms with Crippen LogP contribution in [-0.2, 0) is 6.54 Å². The predicted octanol–water partition coefficient (Wildman–Crippen LogP) is 3.57. The molecule has 1 aliphatic heterocycles. The molecule has 0 radical (unpaired) electrons. The fourth-order valence-electron chi connectivity index (χ4n) is 3.40. The topological polar surface area (TPSA) is 48.9 Å². The minimum atomic E-state index is -0.220. The number of nitrogens with zero attached hydrogens (tertiary/aromatic N) is 2. The van der Waals surface area contributed by atoms with E-state index in [1.807, 2.05) is 0 Å². The second-order valence-corrected chi connectivity index (χ2v) is 8.67. The summed E-state index contributed by atoms with van der Waals surface area (Å²) < 4.78 is 6.16. The molecule has 152 valence electrons. The monoisotopic (exact) mass is 374 g/mol. The van der Waals surface area contributed by atoms with Gasteiger partial charge in [-0.3, -0.25) is 0 Å². The van der Waals surface area contributed by atoms with Crippen LogP contribution in [0.15, 0.2) is 23.2 Å². The van der Waals surface area contributed by atoms with Gasteiger partial charge in [0.25, 0.3) is 0 Å². The minimum Gasteiger partial charge on any atom is -0.488 e. The zero-order valence-electron chi connectivity index (χ0n) is 18.1. The predicted molar refractivity (Wildman–Crippen MR) is 115 cm³/mol. The number of guanidine groups is 1. The van der Waals surface area contributed by atoms with E-state index in [-0.39, 0.29) is 5.60 Å². The van der Waals surface area contributed by atoms with Crippen molar-refractivity contribution in [3.05, 3.63) is 29.3 Å². The van der Waals surface area contributed by atoms with Gasteiger partial charge in [-0.2, -0.15) is 0 Å². The Kier molecular flexibility index (Phi) is 7.96. The highest BCUT2D eigenvalue weighted by atomic mass is 16.5. The van der Waals surface area contributed by atoms with Gasteiger partial charge in [-0.05, 0) is 78.6 Å². The molecule has 1 atom stereocenters. The van der Waals surface area contributed by atoms with E-state index in [0.29, 0.717) is 12.5 Å². The van der Waals surface area contributed by atoms with Crippen LogP contribution in [0, 0.1) is 12.8 Å². The maximum absolute atomic E-state index is 6.16. The van der Waals surface area contributed by atoms with Gasteiger partial charge in [0.15, 0.2) is 5.96 Å². The lowest BCUT2D eigenvalue weighted by atomic mass is 9.99. The van der Waals surface area contributed by atoms with Gasteiger partial charge in [0.05, 0.1) is 6.54 Å². The molecule has 1 aromatic carbocycles. The van der Waals surface area contributed by atoms with Crippen LogP contribution in [-0.4, -0.2) is 49.7 Å². The Morgan fingerprint density at radius 2 is 2.07 bits per heavy atom. The fraction of sp³-hybridized carbons (Fsp3) is 0.682. The average molecular weight is 375 g/mol. The molecule has 0 aliphatic carbocycles. The number of ether oxygens (including phenoxy) is 1. The van der Waals surface area contributed by atoms with E-state index >= 15 is 0 Å². The number of likely N-dealkylation sites (tertiary alicyclic amines) is 1. The van der Waals surface area contributed by atoms with Gasteiger partial charge in [-0.15, -0.1) is 0 Å². The Morgan fingerprint density at radius 1 is 1.30 bits per heavy atom. The number of benzene rings is 1. The molecule has 27 heavy (non-hydrogen) atoms. The summed E-state index contributed by atoms with van der Waals surface area (Å²) >= 11 is 0. The van der Waals surface area contributed by atoms with E-state index < -0.39 is 0 Å². The van der Waals surface area contributed by atoms with Gasteiger partial charge >= 0.3 is 0 Å². The fourth-order valence-corrected chi connectivity index (χ4v) is 3.40. The van der Waals surface area contributed by atoms with Gasteiger partial charge in [-0.1, -0.05) is 12.1 Å². The van der Waals surface area contributed by atoms with Crippen molar-refractivity contribution in [2.24, 2.45) is 10.9 Å². The molecule has 1 aromatic rings. The molecule has 2 N–H and O–H groups in total. The van der Waals surface area contributed by atoms with E-state index in [1.54, 1.807) is 0 Å². The summed E-state index contributed by atoms with van der Waals surface area (Å²) in [5, 5.41) is 6.90. The maximum atomic E-state index is 6.16. The van der Waals surface area contributed by atoms with Crippen LogP contribution in [0.2, 0.25) is 0 Å². The third-order valence-corrected chi connectivity index (χ3v) is 4.67. The van der Waals surface area contributed by atoms with E-state index in [1.165, 1.54) is 24.9 Å². The third kappa shape index (κ3) is 7.79. The minimum absolute atomic E-state index is 0.220. The summed E-state index contributed by atoms with van der Waals surface area (Å²) in [6, 6.07) is 6.35. The first-order valence-electron chi connectivity index (χ1n) is 10.3. The summed E-state index contributed by atoms with van der Waals surface area (Å²) in [4.78, 5) is 7.23. The van der Waals surface area contributed by atoms with Crippen LogP contribution in [0.25, 0.3) is 0 Å². The lowest BCUT2D eigenvalue weighted by Crippen LogP contribution is -2.43. The highest BCUT2D eigenvalue weighted by Crippen LogP contribution is 2.25. The highest BCUT2D eigenvalue weighted by molar-refractivity contribution is 5.79. The van der Waals surface area contributed by atoms with Crippen LogP contribution in [0.4, 0.5) is 0 Å².